The molecule has 0 radical (unpaired) electrons. The van der Waals surface area contributed by atoms with E-state index in [4.69, 9.17) is 9.47 Å². The third kappa shape index (κ3) is 6.24. The van der Waals surface area contributed by atoms with Crippen molar-refractivity contribution in [2.24, 2.45) is 0 Å². The molecular weight excluding hydrogens is 412 g/mol. The molecule has 168 valence electrons. The Labute approximate surface area is 195 Å². The maximum atomic E-state index is 12.7. The smallest absolute Gasteiger partial charge is 0.266 e. The first-order valence-corrected chi connectivity index (χ1v) is 10.7. The number of carbonyl (C=O) groups is 1. The minimum atomic E-state index is -0.460. The van der Waals surface area contributed by atoms with E-state index in [-0.39, 0.29) is 5.57 Å². The minimum absolute atomic E-state index is 0.000863. The third-order valence-corrected chi connectivity index (χ3v) is 5.17. The van der Waals surface area contributed by atoms with Crippen molar-refractivity contribution in [3.63, 3.8) is 0 Å². The first-order chi connectivity index (χ1) is 15.8. The number of hydrogen-bond acceptors (Lipinski definition) is 4. The number of aryl methyl sites for hydroxylation is 4. The van der Waals surface area contributed by atoms with Crippen molar-refractivity contribution < 1.29 is 14.3 Å². The molecule has 1 amide bonds. The van der Waals surface area contributed by atoms with E-state index in [0.29, 0.717) is 29.4 Å². The number of carbonyl (C=O) groups excluding carboxylic acids is 1. The van der Waals surface area contributed by atoms with Crippen LogP contribution in [-0.4, -0.2) is 13.0 Å². The highest BCUT2D eigenvalue weighted by Gasteiger charge is 2.12. The van der Waals surface area contributed by atoms with Gasteiger partial charge in [-0.2, -0.15) is 5.26 Å². The van der Waals surface area contributed by atoms with Crippen LogP contribution in [0.5, 0.6) is 11.5 Å². The number of ether oxygens (including phenoxy) is 2. The molecule has 5 heteroatoms. The van der Waals surface area contributed by atoms with Crippen LogP contribution in [0.2, 0.25) is 0 Å². The van der Waals surface area contributed by atoms with Crippen LogP contribution in [0.1, 0.15) is 33.4 Å². The van der Waals surface area contributed by atoms with Crippen LogP contribution < -0.4 is 14.8 Å². The van der Waals surface area contributed by atoms with Crippen LogP contribution in [0.4, 0.5) is 5.69 Å². The number of benzene rings is 3. The lowest BCUT2D eigenvalue weighted by Gasteiger charge is -2.12. The average molecular weight is 441 g/mol. The molecule has 3 aromatic carbocycles. The van der Waals surface area contributed by atoms with Crippen molar-refractivity contribution in [3.8, 4) is 17.6 Å². The summed E-state index contributed by atoms with van der Waals surface area (Å²) < 4.78 is 11.5. The van der Waals surface area contributed by atoms with Gasteiger partial charge in [0.1, 0.15) is 18.2 Å². The maximum absolute atomic E-state index is 12.7. The lowest BCUT2D eigenvalue weighted by atomic mass is 10.1. The number of nitrogens with one attached hydrogen (secondary N) is 1. The van der Waals surface area contributed by atoms with Gasteiger partial charge in [-0.1, -0.05) is 53.1 Å². The summed E-state index contributed by atoms with van der Waals surface area (Å²) in [5.74, 6) is 0.658. The summed E-state index contributed by atoms with van der Waals surface area (Å²) in [4.78, 5) is 12.7. The zero-order chi connectivity index (χ0) is 24.0. The van der Waals surface area contributed by atoms with Gasteiger partial charge in [-0.25, -0.2) is 0 Å². The Kier molecular flexibility index (Phi) is 7.53. The summed E-state index contributed by atoms with van der Waals surface area (Å²) in [6.07, 6.45) is 1.54. The molecule has 5 nitrogen and oxygen atoms in total. The zero-order valence-electron chi connectivity index (χ0n) is 19.7. The lowest BCUT2D eigenvalue weighted by molar-refractivity contribution is -0.112. The second-order valence-electron chi connectivity index (χ2n) is 8.14. The molecule has 1 N–H and O–H groups in total. The predicted molar refractivity (Wildman–Crippen MR) is 131 cm³/mol. The first kappa shape index (κ1) is 23.6. The number of nitriles is 1. The fraction of sp³-hybridized carbons (Fsp3) is 0.214. The van der Waals surface area contributed by atoms with E-state index in [1.54, 1.807) is 25.3 Å². The largest absolute Gasteiger partial charge is 0.493 e. The molecule has 33 heavy (non-hydrogen) atoms. The van der Waals surface area contributed by atoms with Crippen molar-refractivity contribution in [1.82, 2.24) is 0 Å². The molecule has 3 rings (SSSR count). The molecule has 0 aliphatic carbocycles. The summed E-state index contributed by atoms with van der Waals surface area (Å²) in [6, 6.07) is 19.3. The van der Waals surface area contributed by atoms with E-state index >= 15 is 0 Å². The topological polar surface area (TPSA) is 71.3 Å². The Bertz CT molecular complexity index is 1230. The van der Waals surface area contributed by atoms with Crippen LogP contribution in [0.15, 0.2) is 60.2 Å². The molecule has 0 aromatic heterocycles. The van der Waals surface area contributed by atoms with Gasteiger partial charge in [0, 0.05) is 5.69 Å². The highest BCUT2D eigenvalue weighted by Crippen LogP contribution is 2.30. The van der Waals surface area contributed by atoms with Crippen molar-refractivity contribution in [1.29, 1.82) is 5.26 Å². The molecule has 0 spiro atoms. The molecule has 0 bridgehead atoms. The molecule has 0 aliphatic heterocycles. The maximum Gasteiger partial charge on any atom is 0.266 e. The van der Waals surface area contributed by atoms with Crippen molar-refractivity contribution in [3.05, 3.63) is 93.6 Å². The molecule has 0 heterocycles. The standard InChI is InChI=1S/C28H28N2O3/c1-18-6-8-25(21(4)11-18)30-28(31)24(16-29)14-22-7-9-26(27(15-22)32-5)33-17-23-12-19(2)10-20(3)13-23/h6-15H,17H2,1-5H3,(H,30,31)/b24-14+. The highest BCUT2D eigenvalue weighted by atomic mass is 16.5. The summed E-state index contributed by atoms with van der Waals surface area (Å²) in [6.45, 7) is 8.43. The summed E-state index contributed by atoms with van der Waals surface area (Å²) in [5.41, 5.74) is 6.83. The number of anilines is 1. The average Bonchev–Trinajstić information content (AvgIpc) is 2.77. The highest BCUT2D eigenvalue weighted by molar-refractivity contribution is 6.10. The van der Waals surface area contributed by atoms with Crippen LogP contribution in [0.25, 0.3) is 6.08 Å². The van der Waals surface area contributed by atoms with Crippen LogP contribution in [0, 0.1) is 39.0 Å². The van der Waals surface area contributed by atoms with Gasteiger partial charge in [-0.05, 0) is 68.7 Å². The Hall–Kier alpha value is -4.04. The van der Waals surface area contributed by atoms with E-state index in [9.17, 15) is 10.1 Å². The second-order valence-corrected chi connectivity index (χ2v) is 8.14. The number of methoxy groups -OCH3 is 1. The van der Waals surface area contributed by atoms with Gasteiger partial charge in [0.2, 0.25) is 0 Å². The van der Waals surface area contributed by atoms with Crippen molar-refractivity contribution in [2.45, 2.75) is 34.3 Å². The molecule has 0 unspecified atom stereocenters. The van der Waals surface area contributed by atoms with Crippen LogP contribution in [-0.2, 0) is 11.4 Å². The van der Waals surface area contributed by atoms with Gasteiger partial charge in [-0.3, -0.25) is 4.79 Å². The SMILES string of the molecule is COc1cc(/C=C(\C#N)C(=O)Nc2ccc(C)cc2C)ccc1OCc1cc(C)cc(C)c1. The number of rotatable bonds is 7. The Morgan fingerprint density at radius 2 is 1.67 bits per heavy atom. The van der Waals surface area contributed by atoms with Gasteiger partial charge in [0.05, 0.1) is 7.11 Å². The zero-order valence-corrected chi connectivity index (χ0v) is 19.7. The fourth-order valence-corrected chi connectivity index (χ4v) is 3.67. The Morgan fingerprint density at radius 3 is 2.30 bits per heavy atom. The normalized spacial score (nSPS) is 11.0. The summed E-state index contributed by atoms with van der Waals surface area (Å²) >= 11 is 0. The molecule has 0 fully saturated rings. The van der Waals surface area contributed by atoms with Gasteiger partial charge in [0.15, 0.2) is 11.5 Å². The molecule has 0 aliphatic rings. The van der Waals surface area contributed by atoms with E-state index in [1.165, 1.54) is 17.2 Å². The predicted octanol–water partition coefficient (Wildman–Crippen LogP) is 6.05. The minimum Gasteiger partial charge on any atom is -0.493 e. The second kappa shape index (κ2) is 10.5. The van der Waals surface area contributed by atoms with Crippen molar-refractivity contribution in [2.75, 3.05) is 12.4 Å². The van der Waals surface area contributed by atoms with Crippen molar-refractivity contribution >= 4 is 17.7 Å². The van der Waals surface area contributed by atoms with E-state index in [0.717, 1.165) is 16.7 Å². The summed E-state index contributed by atoms with van der Waals surface area (Å²) in [7, 11) is 1.56. The fourth-order valence-electron chi connectivity index (χ4n) is 3.67. The molecule has 0 saturated heterocycles. The molecule has 3 aromatic rings. The van der Waals surface area contributed by atoms with E-state index in [1.807, 2.05) is 38.1 Å². The third-order valence-electron chi connectivity index (χ3n) is 5.17. The van der Waals surface area contributed by atoms with Crippen LogP contribution in [0.3, 0.4) is 0 Å². The van der Waals surface area contributed by atoms with Gasteiger partial charge >= 0.3 is 0 Å². The molecule has 0 saturated carbocycles. The quantitative estimate of drug-likeness (QED) is 0.358. The number of hydrogen-bond donors (Lipinski definition) is 1. The lowest BCUT2D eigenvalue weighted by Crippen LogP contribution is -2.14. The summed E-state index contributed by atoms with van der Waals surface area (Å²) in [5, 5.41) is 12.4. The number of amides is 1. The molecular formula is C28H28N2O3. The van der Waals surface area contributed by atoms with Gasteiger partial charge in [0.25, 0.3) is 5.91 Å². The Balaban J connectivity index is 1.77. The van der Waals surface area contributed by atoms with Gasteiger partial charge in [-0.15, -0.1) is 0 Å². The van der Waals surface area contributed by atoms with E-state index < -0.39 is 5.91 Å². The number of nitrogens with zero attached hydrogens (tertiary/aromatic N) is 1. The monoisotopic (exact) mass is 440 g/mol. The van der Waals surface area contributed by atoms with Gasteiger partial charge < -0.3 is 14.8 Å². The van der Waals surface area contributed by atoms with Crippen LogP contribution >= 0.6 is 0 Å². The van der Waals surface area contributed by atoms with E-state index in [2.05, 4.69) is 37.4 Å². The first-order valence-electron chi connectivity index (χ1n) is 10.7. The Morgan fingerprint density at radius 1 is 0.939 bits per heavy atom. The molecule has 0 atom stereocenters.